The van der Waals surface area contributed by atoms with Crippen molar-refractivity contribution in [1.29, 1.82) is 0 Å². The van der Waals surface area contributed by atoms with Gasteiger partial charge in [0.05, 0.1) is 27.7 Å². The molecule has 0 spiro atoms. The van der Waals surface area contributed by atoms with E-state index in [1.54, 1.807) is 21.3 Å². The van der Waals surface area contributed by atoms with Gasteiger partial charge in [-0.25, -0.2) is 4.98 Å². The summed E-state index contributed by atoms with van der Waals surface area (Å²) in [4.78, 5) is 6.57. The molecule has 160 valence electrons. The summed E-state index contributed by atoms with van der Waals surface area (Å²) in [6.07, 6.45) is 6.72. The molecule has 3 aromatic rings. The Bertz CT molecular complexity index is 925. The average molecular weight is 410 g/mol. The van der Waals surface area contributed by atoms with Crippen LogP contribution in [0.2, 0.25) is 0 Å². The van der Waals surface area contributed by atoms with Gasteiger partial charge < -0.3 is 18.8 Å². The predicted octanol–water partition coefficient (Wildman–Crippen LogP) is 4.31. The SMILES string of the molecule is COc1cc(CN(CCCn2ccnc2)Cc2ccc(OC)c(OC)c2)ccc1C. The minimum absolute atomic E-state index is 0.746. The number of aromatic nitrogens is 2. The van der Waals surface area contributed by atoms with Crippen molar-refractivity contribution in [2.24, 2.45) is 0 Å². The lowest BCUT2D eigenvalue weighted by atomic mass is 10.1. The Morgan fingerprint density at radius 3 is 2.17 bits per heavy atom. The van der Waals surface area contributed by atoms with Gasteiger partial charge in [0.2, 0.25) is 0 Å². The van der Waals surface area contributed by atoms with E-state index in [0.717, 1.165) is 55.4 Å². The van der Waals surface area contributed by atoms with Gasteiger partial charge in [-0.05, 0) is 48.2 Å². The maximum atomic E-state index is 5.51. The maximum absolute atomic E-state index is 5.51. The zero-order chi connectivity index (χ0) is 21.3. The predicted molar refractivity (Wildman–Crippen MR) is 118 cm³/mol. The number of hydrogen-bond acceptors (Lipinski definition) is 5. The zero-order valence-corrected chi connectivity index (χ0v) is 18.3. The third-order valence-corrected chi connectivity index (χ3v) is 5.18. The van der Waals surface area contributed by atoms with Crippen molar-refractivity contribution in [3.05, 3.63) is 71.8 Å². The fourth-order valence-corrected chi connectivity index (χ4v) is 3.57. The van der Waals surface area contributed by atoms with Crippen LogP contribution >= 0.6 is 0 Å². The van der Waals surface area contributed by atoms with Crippen molar-refractivity contribution < 1.29 is 14.2 Å². The van der Waals surface area contributed by atoms with E-state index in [1.165, 1.54) is 11.1 Å². The highest BCUT2D eigenvalue weighted by Gasteiger charge is 2.12. The summed E-state index contributed by atoms with van der Waals surface area (Å²) in [7, 11) is 5.05. The number of benzene rings is 2. The fourth-order valence-electron chi connectivity index (χ4n) is 3.57. The van der Waals surface area contributed by atoms with E-state index in [4.69, 9.17) is 14.2 Å². The quantitative estimate of drug-likeness (QED) is 0.472. The van der Waals surface area contributed by atoms with Crippen molar-refractivity contribution >= 4 is 0 Å². The smallest absolute Gasteiger partial charge is 0.161 e. The summed E-state index contributed by atoms with van der Waals surface area (Å²) in [6, 6.07) is 12.5. The lowest BCUT2D eigenvalue weighted by Crippen LogP contribution is -2.25. The third-order valence-electron chi connectivity index (χ3n) is 5.18. The summed E-state index contributed by atoms with van der Waals surface area (Å²) < 4.78 is 18.5. The van der Waals surface area contributed by atoms with Gasteiger partial charge in [-0.2, -0.15) is 0 Å². The molecule has 0 saturated heterocycles. The van der Waals surface area contributed by atoms with Crippen molar-refractivity contribution in [3.63, 3.8) is 0 Å². The van der Waals surface area contributed by atoms with Crippen LogP contribution in [0, 0.1) is 6.92 Å². The molecule has 6 nitrogen and oxygen atoms in total. The molecule has 0 bridgehead atoms. The van der Waals surface area contributed by atoms with E-state index in [0.29, 0.717) is 0 Å². The molecule has 0 unspecified atom stereocenters. The standard InChI is InChI=1S/C24H31N3O3/c1-19-6-7-20(14-23(19)29-3)16-27(12-5-11-26-13-10-25-18-26)17-21-8-9-22(28-2)24(15-21)30-4/h6-10,13-15,18H,5,11-12,16-17H2,1-4H3. The first-order chi connectivity index (χ1) is 14.6. The number of nitrogens with zero attached hydrogens (tertiary/aromatic N) is 3. The van der Waals surface area contributed by atoms with Crippen LogP contribution in [0.1, 0.15) is 23.1 Å². The normalized spacial score (nSPS) is 11.0. The zero-order valence-electron chi connectivity index (χ0n) is 18.3. The average Bonchev–Trinajstić information content (AvgIpc) is 3.28. The van der Waals surface area contributed by atoms with Gasteiger partial charge in [0.15, 0.2) is 11.5 Å². The van der Waals surface area contributed by atoms with Crippen LogP contribution in [0.5, 0.6) is 17.2 Å². The Labute approximate surface area is 179 Å². The van der Waals surface area contributed by atoms with Crippen LogP contribution in [0.15, 0.2) is 55.1 Å². The van der Waals surface area contributed by atoms with Crippen molar-refractivity contribution in [3.8, 4) is 17.2 Å². The van der Waals surface area contributed by atoms with Gasteiger partial charge in [0, 0.05) is 38.6 Å². The second-order valence-corrected chi connectivity index (χ2v) is 7.36. The summed E-state index contributed by atoms with van der Waals surface area (Å²) in [5.74, 6) is 2.43. The molecule has 6 heteroatoms. The first-order valence-electron chi connectivity index (χ1n) is 10.2. The van der Waals surface area contributed by atoms with E-state index in [1.807, 2.05) is 24.8 Å². The Hall–Kier alpha value is -2.99. The molecule has 0 aliphatic heterocycles. The molecular weight excluding hydrogens is 378 g/mol. The highest BCUT2D eigenvalue weighted by Crippen LogP contribution is 2.28. The molecule has 1 heterocycles. The Kier molecular flexibility index (Phi) is 7.74. The van der Waals surface area contributed by atoms with Crippen LogP contribution < -0.4 is 14.2 Å². The van der Waals surface area contributed by atoms with Crippen molar-refractivity contribution in [2.75, 3.05) is 27.9 Å². The monoisotopic (exact) mass is 409 g/mol. The second-order valence-electron chi connectivity index (χ2n) is 7.36. The Morgan fingerprint density at radius 1 is 0.867 bits per heavy atom. The number of hydrogen-bond donors (Lipinski definition) is 0. The number of aryl methyl sites for hydroxylation is 2. The number of rotatable bonds is 11. The minimum atomic E-state index is 0.746. The van der Waals surface area contributed by atoms with Gasteiger partial charge in [-0.1, -0.05) is 18.2 Å². The molecule has 2 aromatic carbocycles. The van der Waals surface area contributed by atoms with Gasteiger partial charge in [0.1, 0.15) is 5.75 Å². The molecule has 0 amide bonds. The minimum Gasteiger partial charge on any atom is -0.496 e. The number of ether oxygens (including phenoxy) is 3. The molecule has 0 saturated carbocycles. The van der Waals surface area contributed by atoms with E-state index in [-0.39, 0.29) is 0 Å². The van der Waals surface area contributed by atoms with Gasteiger partial charge >= 0.3 is 0 Å². The molecule has 0 aliphatic rings. The summed E-state index contributed by atoms with van der Waals surface area (Å²) in [5.41, 5.74) is 3.57. The van der Waals surface area contributed by atoms with Gasteiger partial charge in [-0.3, -0.25) is 4.90 Å². The molecule has 0 atom stereocenters. The largest absolute Gasteiger partial charge is 0.496 e. The number of imidazole rings is 1. The maximum Gasteiger partial charge on any atom is 0.161 e. The van der Waals surface area contributed by atoms with Crippen LogP contribution in [0.4, 0.5) is 0 Å². The molecule has 30 heavy (non-hydrogen) atoms. The van der Waals surface area contributed by atoms with Gasteiger partial charge in [-0.15, -0.1) is 0 Å². The van der Waals surface area contributed by atoms with E-state index < -0.39 is 0 Å². The second kappa shape index (κ2) is 10.7. The third kappa shape index (κ3) is 5.76. The van der Waals surface area contributed by atoms with Crippen LogP contribution in [0.25, 0.3) is 0 Å². The van der Waals surface area contributed by atoms with Crippen LogP contribution in [-0.2, 0) is 19.6 Å². The van der Waals surface area contributed by atoms with Crippen LogP contribution in [0.3, 0.4) is 0 Å². The van der Waals surface area contributed by atoms with Gasteiger partial charge in [0.25, 0.3) is 0 Å². The molecule has 0 aliphatic carbocycles. The van der Waals surface area contributed by atoms with E-state index in [9.17, 15) is 0 Å². The van der Waals surface area contributed by atoms with Crippen molar-refractivity contribution in [2.45, 2.75) is 33.0 Å². The first-order valence-corrected chi connectivity index (χ1v) is 10.2. The highest BCUT2D eigenvalue weighted by atomic mass is 16.5. The summed E-state index contributed by atoms with van der Waals surface area (Å²) >= 11 is 0. The van der Waals surface area contributed by atoms with E-state index >= 15 is 0 Å². The fraction of sp³-hybridized carbons (Fsp3) is 0.375. The number of methoxy groups -OCH3 is 3. The topological polar surface area (TPSA) is 48.8 Å². The lowest BCUT2D eigenvalue weighted by Gasteiger charge is -2.24. The molecule has 3 rings (SSSR count). The summed E-state index contributed by atoms with van der Waals surface area (Å²) in [5, 5.41) is 0. The molecular formula is C24H31N3O3. The summed E-state index contributed by atoms with van der Waals surface area (Å²) in [6.45, 7) is 5.63. The van der Waals surface area contributed by atoms with E-state index in [2.05, 4.69) is 51.7 Å². The first kappa shape index (κ1) is 21.7. The molecule has 0 radical (unpaired) electrons. The Balaban J connectivity index is 1.74. The molecule has 0 fully saturated rings. The Morgan fingerprint density at radius 2 is 1.53 bits per heavy atom. The molecule has 0 N–H and O–H groups in total. The lowest BCUT2D eigenvalue weighted by molar-refractivity contribution is 0.247. The van der Waals surface area contributed by atoms with Crippen LogP contribution in [-0.4, -0.2) is 42.3 Å². The highest BCUT2D eigenvalue weighted by molar-refractivity contribution is 5.43. The molecule has 1 aromatic heterocycles. The van der Waals surface area contributed by atoms with Crippen molar-refractivity contribution in [1.82, 2.24) is 14.5 Å².